The predicted molar refractivity (Wildman–Crippen MR) is 99.4 cm³/mol. The highest BCUT2D eigenvalue weighted by atomic mass is 32.2. The molecule has 1 unspecified atom stereocenters. The number of nitrogens with one attached hydrogen (secondary N) is 1. The highest BCUT2D eigenvalue weighted by molar-refractivity contribution is 8.01. The molecule has 1 amide bonds. The zero-order valence-electron chi connectivity index (χ0n) is 13.6. The number of hydrogen-bond acceptors (Lipinski definition) is 6. The van der Waals surface area contributed by atoms with Crippen LogP contribution in [-0.2, 0) is 4.74 Å². The van der Waals surface area contributed by atoms with E-state index in [1.807, 2.05) is 31.2 Å². The molecule has 1 aliphatic rings. The molecule has 3 rings (SSSR count). The van der Waals surface area contributed by atoms with E-state index in [2.05, 4.69) is 22.2 Å². The van der Waals surface area contributed by atoms with Gasteiger partial charge >= 0.3 is 0 Å². The van der Waals surface area contributed by atoms with Crippen molar-refractivity contribution in [2.24, 2.45) is 4.99 Å². The van der Waals surface area contributed by atoms with Gasteiger partial charge in [0.2, 0.25) is 0 Å². The second-order valence-corrected chi connectivity index (χ2v) is 7.73. The molecule has 0 bridgehead atoms. The van der Waals surface area contributed by atoms with Crippen LogP contribution in [0.25, 0.3) is 0 Å². The van der Waals surface area contributed by atoms with Crippen LogP contribution in [0.3, 0.4) is 0 Å². The number of aliphatic imine (C=N–C) groups is 1. The maximum absolute atomic E-state index is 12.3. The first-order valence-corrected chi connectivity index (χ1v) is 9.61. The molecule has 7 heteroatoms. The van der Waals surface area contributed by atoms with Crippen molar-refractivity contribution in [3.63, 3.8) is 0 Å². The Morgan fingerprint density at radius 1 is 1.46 bits per heavy atom. The summed E-state index contributed by atoms with van der Waals surface area (Å²) < 4.78 is 6.75. The zero-order chi connectivity index (χ0) is 16.9. The first-order chi connectivity index (χ1) is 11.7. The Morgan fingerprint density at radius 3 is 3.04 bits per heavy atom. The summed E-state index contributed by atoms with van der Waals surface area (Å²) in [5, 5.41) is 3.46. The van der Waals surface area contributed by atoms with Gasteiger partial charge in [-0.3, -0.25) is 15.1 Å². The molecule has 1 N–H and O–H groups in total. The summed E-state index contributed by atoms with van der Waals surface area (Å²) in [5.41, 5.74) is 1.62. The van der Waals surface area contributed by atoms with Crippen LogP contribution in [0.4, 0.5) is 5.13 Å². The van der Waals surface area contributed by atoms with E-state index in [0.29, 0.717) is 16.4 Å². The Hall–Kier alpha value is -1.86. The van der Waals surface area contributed by atoms with Crippen molar-refractivity contribution < 1.29 is 9.53 Å². The fourth-order valence-electron chi connectivity index (χ4n) is 2.27. The van der Waals surface area contributed by atoms with E-state index in [9.17, 15) is 4.79 Å². The number of thioether (sulfide) groups is 1. The number of thiazole rings is 1. The molecule has 1 aliphatic heterocycles. The Labute approximate surface area is 149 Å². The van der Waals surface area contributed by atoms with Gasteiger partial charge in [0.15, 0.2) is 11.0 Å². The molecular weight excluding hydrogens is 342 g/mol. The number of ether oxygens (including phenoxy) is 1. The number of rotatable bonds is 6. The third-order valence-electron chi connectivity index (χ3n) is 3.66. The number of aromatic nitrogens is 1. The quantitative estimate of drug-likeness (QED) is 0.790. The largest absolute Gasteiger partial charge is 0.475 e. The molecule has 0 radical (unpaired) electrons. The van der Waals surface area contributed by atoms with Gasteiger partial charge in [-0.05, 0) is 25.0 Å². The lowest BCUT2D eigenvalue weighted by Crippen LogP contribution is -2.12. The van der Waals surface area contributed by atoms with Crippen LogP contribution in [0.2, 0.25) is 0 Å². The van der Waals surface area contributed by atoms with Gasteiger partial charge in [0.05, 0.1) is 22.7 Å². The van der Waals surface area contributed by atoms with Crippen molar-refractivity contribution in [2.75, 3.05) is 17.6 Å². The van der Waals surface area contributed by atoms with E-state index < -0.39 is 0 Å². The summed E-state index contributed by atoms with van der Waals surface area (Å²) in [6.07, 6.45) is 2.98. The first kappa shape index (κ1) is 17.0. The lowest BCUT2D eigenvalue weighted by molar-refractivity contribution is 0.102. The van der Waals surface area contributed by atoms with Gasteiger partial charge in [-0.2, -0.15) is 0 Å². The molecule has 1 atom stereocenters. The van der Waals surface area contributed by atoms with E-state index in [-0.39, 0.29) is 12.0 Å². The van der Waals surface area contributed by atoms with E-state index in [1.165, 1.54) is 11.3 Å². The lowest BCUT2D eigenvalue weighted by atomic mass is 10.1. The average molecular weight is 361 g/mol. The topological polar surface area (TPSA) is 63.6 Å². The SMILES string of the molecule is CCC1CN=C(CSc2cnc(NC(=O)c3ccccc3C)s2)O1. The van der Waals surface area contributed by atoms with E-state index >= 15 is 0 Å². The van der Waals surface area contributed by atoms with Gasteiger partial charge in [0, 0.05) is 5.56 Å². The minimum absolute atomic E-state index is 0.131. The summed E-state index contributed by atoms with van der Waals surface area (Å²) in [7, 11) is 0. The second kappa shape index (κ2) is 7.81. The van der Waals surface area contributed by atoms with Crippen LogP contribution < -0.4 is 5.32 Å². The smallest absolute Gasteiger partial charge is 0.257 e. The molecule has 0 fully saturated rings. The third-order valence-corrected chi connectivity index (χ3v) is 5.75. The summed E-state index contributed by atoms with van der Waals surface area (Å²) in [5.74, 6) is 1.36. The molecule has 0 spiro atoms. The molecule has 0 saturated carbocycles. The van der Waals surface area contributed by atoms with Gasteiger partial charge in [-0.1, -0.05) is 36.5 Å². The Balaban J connectivity index is 1.54. The summed E-state index contributed by atoms with van der Waals surface area (Å²) in [6, 6.07) is 7.51. The van der Waals surface area contributed by atoms with Crippen molar-refractivity contribution >= 4 is 40.0 Å². The molecule has 0 saturated heterocycles. The number of hydrogen-bond donors (Lipinski definition) is 1. The number of anilines is 1. The molecule has 2 aromatic rings. The van der Waals surface area contributed by atoms with Gasteiger partial charge in [-0.25, -0.2) is 4.98 Å². The fourth-order valence-corrected chi connectivity index (χ4v) is 4.02. The van der Waals surface area contributed by atoms with Crippen molar-refractivity contribution in [1.29, 1.82) is 0 Å². The molecule has 24 heavy (non-hydrogen) atoms. The monoisotopic (exact) mass is 361 g/mol. The van der Waals surface area contributed by atoms with Crippen molar-refractivity contribution in [3.8, 4) is 0 Å². The van der Waals surface area contributed by atoms with Gasteiger partial charge in [0.25, 0.3) is 5.91 Å². The normalized spacial score (nSPS) is 16.6. The van der Waals surface area contributed by atoms with Crippen molar-refractivity contribution in [3.05, 3.63) is 41.6 Å². The van der Waals surface area contributed by atoms with Crippen LogP contribution >= 0.6 is 23.1 Å². The van der Waals surface area contributed by atoms with Gasteiger partial charge in [-0.15, -0.1) is 11.8 Å². The maximum atomic E-state index is 12.3. The second-order valence-electron chi connectivity index (χ2n) is 5.42. The van der Waals surface area contributed by atoms with E-state index in [1.54, 1.807) is 18.0 Å². The third kappa shape index (κ3) is 4.15. The van der Waals surface area contributed by atoms with Crippen LogP contribution in [0, 0.1) is 6.92 Å². The molecule has 126 valence electrons. The highest BCUT2D eigenvalue weighted by Gasteiger charge is 2.18. The number of amides is 1. The lowest BCUT2D eigenvalue weighted by Gasteiger charge is -2.07. The van der Waals surface area contributed by atoms with Crippen LogP contribution in [0.5, 0.6) is 0 Å². The number of nitrogens with zero attached hydrogens (tertiary/aromatic N) is 2. The molecule has 5 nitrogen and oxygen atoms in total. The van der Waals surface area contributed by atoms with E-state index in [0.717, 1.165) is 28.6 Å². The number of carbonyl (C=O) groups excluding carboxylic acids is 1. The predicted octanol–water partition coefficient (Wildman–Crippen LogP) is 4.00. The maximum Gasteiger partial charge on any atom is 0.257 e. The zero-order valence-corrected chi connectivity index (χ0v) is 15.2. The minimum Gasteiger partial charge on any atom is -0.475 e. The minimum atomic E-state index is -0.131. The Kier molecular flexibility index (Phi) is 5.52. The van der Waals surface area contributed by atoms with Gasteiger partial charge in [0.1, 0.15) is 6.10 Å². The summed E-state index contributed by atoms with van der Waals surface area (Å²) >= 11 is 3.09. The number of aryl methyl sites for hydroxylation is 1. The van der Waals surface area contributed by atoms with Gasteiger partial charge < -0.3 is 4.74 Å². The summed E-state index contributed by atoms with van der Waals surface area (Å²) in [6.45, 7) is 4.78. The average Bonchev–Trinajstić information content (AvgIpc) is 3.22. The first-order valence-electron chi connectivity index (χ1n) is 7.81. The Morgan fingerprint density at radius 2 is 2.29 bits per heavy atom. The standard InChI is InChI=1S/C17H19N3O2S2/c1-3-12-8-18-14(22-12)10-23-15-9-19-17(24-15)20-16(21)13-7-5-4-6-11(13)2/h4-7,9,12H,3,8,10H2,1-2H3,(H,19,20,21). The van der Waals surface area contributed by atoms with Crippen molar-refractivity contribution in [2.45, 2.75) is 30.6 Å². The molecule has 2 heterocycles. The van der Waals surface area contributed by atoms with Crippen LogP contribution in [0.1, 0.15) is 29.3 Å². The number of carbonyl (C=O) groups is 1. The molecule has 0 aliphatic carbocycles. The highest BCUT2D eigenvalue weighted by Crippen LogP contribution is 2.29. The Bertz CT molecular complexity index is 758. The summed E-state index contributed by atoms with van der Waals surface area (Å²) in [4.78, 5) is 21.0. The molecule has 1 aromatic carbocycles. The van der Waals surface area contributed by atoms with Crippen LogP contribution in [-0.4, -0.2) is 35.2 Å². The fraction of sp³-hybridized carbons (Fsp3) is 0.353. The molecular formula is C17H19N3O2S2. The molecule has 1 aromatic heterocycles. The van der Waals surface area contributed by atoms with E-state index in [4.69, 9.17) is 4.74 Å². The number of benzene rings is 1. The van der Waals surface area contributed by atoms with Crippen LogP contribution in [0.15, 0.2) is 39.7 Å². The van der Waals surface area contributed by atoms with Crippen molar-refractivity contribution in [1.82, 2.24) is 4.98 Å².